The zero-order valence-electron chi connectivity index (χ0n) is 7.38. The van der Waals surface area contributed by atoms with E-state index >= 15 is 0 Å². The lowest BCUT2D eigenvalue weighted by atomic mass is 10.4. The van der Waals surface area contributed by atoms with Crippen LogP contribution in [0, 0.1) is 0 Å². The Kier molecular flexibility index (Phi) is 8.09. The predicted octanol–water partition coefficient (Wildman–Crippen LogP) is -0.870. The van der Waals surface area contributed by atoms with Gasteiger partial charge in [0.05, 0.1) is 0 Å². The lowest BCUT2D eigenvalue weighted by molar-refractivity contribution is -0.138. The Bertz CT molecular complexity index is 229. The molecule has 7 nitrogen and oxygen atoms in total. The molecule has 14 heavy (non-hydrogen) atoms. The van der Waals surface area contributed by atoms with Crippen molar-refractivity contribution in [3.63, 3.8) is 0 Å². The second kappa shape index (κ2) is 7.74. The topological polar surface area (TPSA) is 138 Å². The van der Waals surface area contributed by atoms with Crippen LogP contribution >= 0.6 is 0 Å². The van der Waals surface area contributed by atoms with Gasteiger partial charge in [-0.2, -0.15) is 0 Å². The molecule has 0 spiro atoms. The maximum absolute atomic E-state index is 9.57. The van der Waals surface area contributed by atoms with E-state index in [1.807, 2.05) is 0 Å². The Morgan fingerprint density at radius 1 is 1.07 bits per heavy atom. The Hall–Kier alpha value is -1.89. The van der Waals surface area contributed by atoms with Crippen molar-refractivity contribution >= 4 is 17.9 Å². The van der Waals surface area contributed by atoms with E-state index in [0.717, 1.165) is 0 Å². The van der Waals surface area contributed by atoms with E-state index in [1.165, 1.54) is 6.92 Å². The van der Waals surface area contributed by atoms with Gasteiger partial charge < -0.3 is 21.1 Å². The van der Waals surface area contributed by atoms with E-state index < -0.39 is 23.9 Å². The Morgan fingerprint density at radius 2 is 1.29 bits per heavy atom. The van der Waals surface area contributed by atoms with Gasteiger partial charge in [0.1, 0.15) is 6.04 Å². The molecule has 0 bridgehead atoms. The first kappa shape index (κ1) is 14.6. The smallest absolute Gasteiger partial charge is 0.328 e. The largest absolute Gasteiger partial charge is 0.480 e. The van der Waals surface area contributed by atoms with Gasteiger partial charge in [0.25, 0.3) is 0 Å². The SMILES string of the molecule is CC(N)C(=O)O.O=C(O)/C=C/C(=O)O. The van der Waals surface area contributed by atoms with Crippen LogP contribution in [-0.2, 0) is 14.4 Å². The van der Waals surface area contributed by atoms with Crippen LogP contribution in [0.4, 0.5) is 0 Å². The zero-order chi connectivity index (χ0) is 11.7. The quantitative estimate of drug-likeness (QED) is 0.439. The van der Waals surface area contributed by atoms with Crippen molar-refractivity contribution in [3.05, 3.63) is 12.2 Å². The summed E-state index contributed by atoms with van der Waals surface area (Å²) in [5.74, 6) is -3.48. The molecule has 1 atom stereocenters. The van der Waals surface area contributed by atoms with Crippen LogP contribution in [0.3, 0.4) is 0 Å². The molecule has 0 aliphatic rings. The van der Waals surface area contributed by atoms with Crippen molar-refractivity contribution in [2.45, 2.75) is 13.0 Å². The Labute approximate surface area is 79.5 Å². The molecule has 80 valence electrons. The molecule has 1 unspecified atom stereocenters. The molecule has 0 heterocycles. The molecule has 5 N–H and O–H groups in total. The van der Waals surface area contributed by atoms with E-state index in [9.17, 15) is 14.4 Å². The molecule has 0 amide bonds. The maximum atomic E-state index is 9.57. The summed E-state index contributed by atoms with van der Waals surface area (Å²) < 4.78 is 0. The van der Waals surface area contributed by atoms with Crippen LogP contribution in [-0.4, -0.2) is 39.3 Å². The third-order valence-corrected chi connectivity index (χ3v) is 0.758. The number of carbonyl (C=O) groups is 3. The second-order valence-electron chi connectivity index (χ2n) is 2.14. The van der Waals surface area contributed by atoms with Gasteiger partial charge in [-0.3, -0.25) is 4.79 Å². The summed E-state index contributed by atoms with van der Waals surface area (Å²) in [6.07, 6.45) is 1.12. The van der Waals surface area contributed by atoms with Gasteiger partial charge in [0, 0.05) is 12.2 Å². The van der Waals surface area contributed by atoms with E-state index in [1.54, 1.807) is 0 Å². The van der Waals surface area contributed by atoms with Crippen LogP contribution in [0.25, 0.3) is 0 Å². The summed E-state index contributed by atoms with van der Waals surface area (Å²) in [5, 5.41) is 23.5. The number of carboxylic acid groups (broad SMARTS) is 3. The third kappa shape index (κ3) is 16.6. The average Bonchev–Trinajstić information content (AvgIpc) is 2.01. The molecule has 7 heteroatoms. The van der Waals surface area contributed by atoms with Crippen LogP contribution in [0.15, 0.2) is 12.2 Å². The van der Waals surface area contributed by atoms with Crippen LogP contribution < -0.4 is 5.73 Å². The fraction of sp³-hybridized carbons (Fsp3) is 0.286. The molecule has 0 aromatic carbocycles. The van der Waals surface area contributed by atoms with Gasteiger partial charge >= 0.3 is 17.9 Å². The predicted molar refractivity (Wildman–Crippen MR) is 45.7 cm³/mol. The lowest BCUT2D eigenvalue weighted by Gasteiger charge is -1.90. The van der Waals surface area contributed by atoms with Gasteiger partial charge in [-0.1, -0.05) is 0 Å². The van der Waals surface area contributed by atoms with Crippen LogP contribution in [0.2, 0.25) is 0 Å². The standard InChI is InChI=1S/C4H4O4.C3H7NO2/c5-3(6)1-2-4(7)8;1-2(4)3(5)6/h1-2H,(H,5,6)(H,7,8);2H,4H2,1H3,(H,5,6)/b2-1+;. The maximum Gasteiger partial charge on any atom is 0.328 e. The molecule has 0 rings (SSSR count). The van der Waals surface area contributed by atoms with Gasteiger partial charge in [-0.15, -0.1) is 0 Å². The monoisotopic (exact) mass is 205 g/mol. The van der Waals surface area contributed by atoms with Crippen molar-refractivity contribution in [2.75, 3.05) is 0 Å². The molecule has 0 saturated heterocycles. The van der Waals surface area contributed by atoms with E-state index in [4.69, 9.17) is 21.1 Å². The van der Waals surface area contributed by atoms with Crippen LogP contribution in [0.1, 0.15) is 6.92 Å². The summed E-state index contributed by atoms with van der Waals surface area (Å²) >= 11 is 0. The summed E-state index contributed by atoms with van der Waals surface area (Å²) in [6, 6.07) is -0.731. The summed E-state index contributed by atoms with van der Waals surface area (Å²) in [7, 11) is 0. The molecular formula is C7H11NO6. The highest BCUT2D eigenvalue weighted by molar-refractivity contribution is 5.89. The van der Waals surface area contributed by atoms with Gasteiger partial charge in [0.2, 0.25) is 0 Å². The molecule has 0 aromatic heterocycles. The van der Waals surface area contributed by atoms with Crippen molar-refractivity contribution in [1.82, 2.24) is 0 Å². The number of hydrogen-bond donors (Lipinski definition) is 4. The summed E-state index contributed by atoms with van der Waals surface area (Å²) in [4.78, 5) is 28.7. The van der Waals surface area contributed by atoms with Crippen molar-refractivity contribution < 1.29 is 29.7 Å². The Morgan fingerprint density at radius 3 is 1.36 bits per heavy atom. The lowest BCUT2D eigenvalue weighted by Crippen LogP contribution is -2.25. The molecule has 0 radical (unpaired) electrons. The fourth-order valence-electron chi connectivity index (χ4n) is 0.143. The molecule has 0 saturated carbocycles. The minimum atomic E-state index is -1.26. The zero-order valence-corrected chi connectivity index (χ0v) is 7.38. The normalized spacial score (nSPS) is 11.3. The van der Waals surface area contributed by atoms with Crippen molar-refractivity contribution in [1.29, 1.82) is 0 Å². The molecule has 0 aromatic rings. The summed E-state index contributed by atoms with van der Waals surface area (Å²) in [5.41, 5.74) is 4.84. The van der Waals surface area contributed by atoms with Gasteiger partial charge in [-0.25, -0.2) is 9.59 Å². The van der Waals surface area contributed by atoms with Gasteiger partial charge in [0.15, 0.2) is 0 Å². The minimum absolute atomic E-state index is 0.558. The van der Waals surface area contributed by atoms with E-state index in [0.29, 0.717) is 12.2 Å². The number of rotatable bonds is 3. The van der Waals surface area contributed by atoms with Crippen LogP contribution in [0.5, 0.6) is 0 Å². The highest BCUT2D eigenvalue weighted by Gasteiger charge is 1.99. The molecular weight excluding hydrogens is 194 g/mol. The fourth-order valence-corrected chi connectivity index (χ4v) is 0.143. The minimum Gasteiger partial charge on any atom is -0.480 e. The molecule has 0 aliphatic carbocycles. The third-order valence-electron chi connectivity index (χ3n) is 0.758. The number of hydrogen-bond acceptors (Lipinski definition) is 4. The van der Waals surface area contributed by atoms with E-state index in [-0.39, 0.29) is 0 Å². The Balaban J connectivity index is 0. The highest BCUT2D eigenvalue weighted by Crippen LogP contribution is 1.70. The number of nitrogens with two attached hydrogens (primary N) is 1. The van der Waals surface area contributed by atoms with E-state index in [2.05, 4.69) is 0 Å². The van der Waals surface area contributed by atoms with Crippen molar-refractivity contribution in [2.24, 2.45) is 5.73 Å². The number of carboxylic acids is 3. The second-order valence-corrected chi connectivity index (χ2v) is 2.14. The van der Waals surface area contributed by atoms with Gasteiger partial charge in [-0.05, 0) is 6.92 Å². The number of aliphatic carboxylic acids is 3. The molecule has 0 aliphatic heterocycles. The summed E-state index contributed by atoms with van der Waals surface area (Å²) in [6.45, 7) is 1.42. The average molecular weight is 205 g/mol. The van der Waals surface area contributed by atoms with Crippen molar-refractivity contribution in [3.8, 4) is 0 Å². The first-order valence-electron chi connectivity index (χ1n) is 3.39. The first-order valence-corrected chi connectivity index (χ1v) is 3.39. The first-order chi connectivity index (χ1) is 6.27. The molecule has 0 fully saturated rings. The highest BCUT2D eigenvalue weighted by atomic mass is 16.4.